The summed E-state index contributed by atoms with van der Waals surface area (Å²) >= 11 is 0. The molecule has 146 valence electrons. The molecule has 0 saturated carbocycles. The number of phenolic OH excluding ortho intramolecular Hbond substituents is 1. The van der Waals surface area contributed by atoms with Crippen LogP contribution in [-0.2, 0) is 11.2 Å². The van der Waals surface area contributed by atoms with Crippen LogP contribution in [-0.4, -0.2) is 35.1 Å². The monoisotopic (exact) mass is 381 g/mol. The van der Waals surface area contributed by atoms with Gasteiger partial charge in [0.1, 0.15) is 11.5 Å². The van der Waals surface area contributed by atoms with Gasteiger partial charge in [-0.05, 0) is 31.7 Å². The molecule has 1 aliphatic rings. The number of rotatable bonds is 7. The minimum absolute atomic E-state index is 0.0121. The second-order valence-corrected chi connectivity index (χ2v) is 6.73. The molecule has 0 aliphatic carbocycles. The van der Waals surface area contributed by atoms with Crippen LogP contribution in [0.5, 0.6) is 11.5 Å². The van der Waals surface area contributed by atoms with E-state index < -0.39 is 11.8 Å². The van der Waals surface area contributed by atoms with Gasteiger partial charge in [-0.1, -0.05) is 30.3 Å². The molecule has 2 aromatic carbocycles. The number of hydrogen-bond acceptors (Lipinski definition) is 5. The predicted molar refractivity (Wildman–Crippen MR) is 106 cm³/mol. The van der Waals surface area contributed by atoms with Gasteiger partial charge in [-0.25, -0.2) is 0 Å². The van der Waals surface area contributed by atoms with Crippen LogP contribution in [0.3, 0.4) is 0 Å². The fourth-order valence-corrected chi connectivity index (χ4v) is 3.38. The highest BCUT2D eigenvalue weighted by molar-refractivity contribution is 6.18. The summed E-state index contributed by atoms with van der Waals surface area (Å²) in [5.74, 6) is -0.394. The molecule has 1 unspecified atom stereocenters. The minimum Gasteiger partial charge on any atom is -0.515 e. The van der Waals surface area contributed by atoms with Crippen LogP contribution in [0.15, 0.2) is 54.3 Å². The van der Waals surface area contributed by atoms with E-state index in [-0.39, 0.29) is 22.6 Å². The second-order valence-electron chi connectivity index (χ2n) is 6.73. The van der Waals surface area contributed by atoms with Crippen molar-refractivity contribution in [3.8, 4) is 11.5 Å². The van der Waals surface area contributed by atoms with Crippen molar-refractivity contribution < 1.29 is 24.5 Å². The highest BCUT2D eigenvalue weighted by Gasteiger charge is 2.36. The molecule has 0 spiro atoms. The van der Waals surface area contributed by atoms with Crippen molar-refractivity contribution in [1.29, 1.82) is 0 Å². The maximum atomic E-state index is 12.5. The Bertz CT molecular complexity index is 891. The number of aromatic hydroxyl groups is 1. The summed E-state index contributed by atoms with van der Waals surface area (Å²) in [6.45, 7) is 2.09. The number of benzene rings is 2. The van der Waals surface area contributed by atoms with Gasteiger partial charge in [-0.3, -0.25) is 9.59 Å². The number of ketones is 1. The van der Waals surface area contributed by atoms with Crippen LogP contribution in [0.25, 0.3) is 0 Å². The zero-order valence-corrected chi connectivity index (χ0v) is 15.7. The Morgan fingerprint density at radius 1 is 1.18 bits per heavy atom. The van der Waals surface area contributed by atoms with Crippen LogP contribution in [0.2, 0.25) is 0 Å². The number of phenols is 1. The van der Waals surface area contributed by atoms with Crippen molar-refractivity contribution >= 4 is 17.9 Å². The summed E-state index contributed by atoms with van der Waals surface area (Å²) in [4.78, 5) is 25.3. The molecule has 2 N–H and O–H groups in total. The molecule has 3 rings (SSSR count). The smallest absolute Gasteiger partial charge is 0.214 e. The van der Waals surface area contributed by atoms with Gasteiger partial charge >= 0.3 is 0 Å². The van der Waals surface area contributed by atoms with Crippen LogP contribution in [0.4, 0.5) is 5.69 Å². The second kappa shape index (κ2) is 8.61. The Kier molecular flexibility index (Phi) is 5.99. The topological polar surface area (TPSA) is 87.1 Å². The lowest BCUT2D eigenvalue weighted by atomic mass is 9.90. The Morgan fingerprint density at radius 3 is 2.61 bits per heavy atom. The molecule has 6 nitrogen and oxygen atoms in total. The number of unbranched alkanes of at least 4 members (excludes halogenated alkanes) is 1. The van der Waals surface area contributed by atoms with Gasteiger partial charge in [-0.2, -0.15) is 0 Å². The first-order valence-electron chi connectivity index (χ1n) is 9.23. The lowest BCUT2D eigenvalue weighted by Gasteiger charge is -2.33. The summed E-state index contributed by atoms with van der Waals surface area (Å²) in [6, 6.07) is 12.5. The number of carbonyl (C=O) groups excluding carboxylic acids is 2. The Morgan fingerprint density at radius 2 is 1.93 bits per heavy atom. The number of amides is 1. The van der Waals surface area contributed by atoms with Crippen molar-refractivity contribution in [2.24, 2.45) is 0 Å². The van der Waals surface area contributed by atoms with E-state index in [4.69, 9.17) is 4.74 Å². The van der Waals surface area contributed by atoms with Gasteiger partial charge in [-0.15, -0.1) is 0 Å². The number of carbonyl (C=O) groups is 2. The van der Waals surface area contributed by atoms with Gasteiger partial charge in [0.2, 0.25) is 6.41 Å². The van der Waals surface area contributed by atoms with Gasteiger partial charge in [0, 0.05) is 12.1 Å². The molecule has 28 heavy (non-hydrogen) atoms. The molecule has 6 heteroatoms. The summed E-state index contributed by atoms with van der Waals surface area (Å²) < 4.78 is 5.73. The summed E-state index contributed by atoms with van der Waals surface area (Å²) in [5, 5.41) is 19.7. The minimum atomic E-state index is -0.636. The molecule has 2 aromatic rings. The van der Waals surface area contributed by atoms with Gasteiger partial charge in [0.25, 0.3) is 0 Å². The average Bonchev–Trinajstić information content (AvgIpc) is 2.69. The first-order chi connectivity index (χ1) is 13.6. The SMILES string of the molecule is CC1/C(=C/O)C(=O)c2c(O)cc(OCCCCc3ccccc3)cc2N1C=O. The summed E-state index contributed by atoms with van der Waals surface area (Å²) in [7, 11) is 0. The van der Waals surface area contributed by atoms with E-state index in [0.717, 1.165) is 19.3 Å². The van der Waals surface area contributed by atoms with Crippen LogP contribution in [0, 0.1) is 0 Å². The fraction of sp³-hybridized carbons (Fsp3) is 0.273. The fourth-order valence-electron chi connectivity index (χ4n) is 3.38. The van der Waals surface area contributed by atoms with Crippen LogP contribution in [0.1, 0.15) is 35.7 Å². The third-order valence-electron chi connectivity index (χ3n) is 4.93. The number of fused-ring (bicyclic) bond motifs is 1. The quantitative estimate of drug-likeness (QED) is 0.330. The molecule has 1 atom stereocenters. The first-order valence-corrected chi connectivity index (χ1v) is 9.23. The van der Waals surface area contributed by atoms with E-state index in [9.17, 15) is 19.8 Å². The molecule has 0 bridgehead atoms. The molecular weight excluding hydrogens is 358 g/mol. The van der Waals surface area contributed by atoms with E-state index in [1.54, 1.807) is 13.0 Å². The van der Waals surface area contributed by atoms with E-state index in [1.807, 2.05) is 18.2 Å². The highest BCUT2D eigenvalue weighted by Crippen LogP contribution is 2.40. The highest BCUT2D eigenvalue weighted by atomic mass is 16.5. The third-order valence-corrected chi connectivity index (χ3v) is 4.93. The van der Waals surface area contributed by atoms with E-state index in [0.29, 0.717) is 25.0 Å². The number of aryl methyl sites for hydroxylation is 1. The van der Waals surface area contributed by atoms with Gasteiger partial charge in [0.05, 0.1) is 35.7 Å². The Labute approximate surface area is 163 Å². The Balaban J connectivity index is 1.69. The van der Waals surface area contributed by atoms with Gasteiger partial charge in [0.15, 0.2) is 5.78 Å². The van der Waals surface area contributed by atoms with Crippen LogP contribution >= 0.6 is 0 Å². The van der Waals surface area contributed by atoms with Crippen LogP contribution < -0.4 is 9.64 Å². The van der Waals surface area contributed by atoms with Crippen molar-refractivity contribution in [3.63, 3.8) is 0 Å². The van der Waals surface area contributed by atoms with E-state index in [1.165, 1.54) is 16.5 Å². The average molecular weight is 381 g/mol. The molecule has 1 aliphatic heterocycles. The Hall–Kier alpha value is -3.28. The largest absolute Gasteiger partial charge is 0.515 e. The molecule has 0 aromatic heterocycles. The lowest BCUT2D eigenvalue weighted by molar-refractivity contribution is -0.107. The third kappa shape index (κ3) is 3.86. The molecule has 1 heterocycles. The number of aliphatic hydroxyl groups excluding tert-OH is 1. The summed E-state index contributed by atoms with van der Waals surface area (Å²) in [5.41, 5.74) is 1.58. The maximum Gasteiger partial charge on any atom is 0.214 e. The molecule has 0 radical (unpaired) electrons. The predicted octanol–water partition coefficient (Wildman–Crippen LogP) is 3.78. The standard InChI is InChI=1S/C22H23NO5/c1-15-18(13-24)22(27)21-19(23(15)14-25)11-17(12-20(21)26)28-10-6-5-9-16-7-3-2-4-8-16/h2-4,7-8,11-15,24,26H,5-6,9-10H2,1H3/b18-13-. The molecule has 0 saturated heterocycles. The first kappa shape index (κ1) is 19.5. The summed E-state index contributed by atoms with van der Waals surface area (Å²) in [6.07, 6.45) is 4.00. The van der Waals surface area contributed by atoms with Gasteiger partial charge < -0.3 is 19.8 Å². The number of hydrogen-bond donors (Lipinski definition) is 2. The van der Waals surface area contributed by atoms with Crippen molar-refractivity contribution in [3.05, 3.63) is 65.4 Å². The number of anilines is 1. The normalized spacial score (nSPS) is 17.5. The number of ether oxygens (including phenoxy) is 1. The maximum absolute atomic E-state index is 12.5. The van der Waals surface area contributed by atoms with Crippen molar-refractivity contribution in [2.75, 3.05) is 11.5 Å². The lowest BCUT2D eigenvalue weighted by Crippen LogP contribution is -2.40. The van der Waals surface area contributed by atoms with E-state index >= 15 is 0 Å². The molecule has 0 fully saturated rings. The zero-order valence-electron chi connectivity index (χ0n) is 15.7. The number of nitrogens with zero attached hydrogens (tertiary/aromatic N) is 1. The molecular formula is C22H23NO5. The molecule has 1 amide bonds. The number of Topliss-reactive ketones (excluding diaryl/α,β-unsaturated/α-hetero) is 1. The zero-order chi connectivity index (χ0) is 20.1. The van der Waals surface area contributed by atoms with Crippen molar-refractivity contribution in [1.82, 2.24) is 0 Å². The van der Waals surface area contributed by atoms with Crippen molar-refractivity contribution in [2.45, 2.75) is 32.2 Å². The van der Waals surface area contributed by atoms with E-state index in [2.05, 4.69) is 12.1 Å². The number of aliphatic hydroxyl groups is 1.